The van der Waals surface area contributed by atoms with Crippen molar-refractivity contribution in [2.24, 2.45) is 0 Å². The van der Waals surface area contributed by atoms with Crippen molar-refractivity contribution in [3.63, 3.8) is 0 Å². The second kappa shape index (κ2) is 11.5. The molecule has 2 aliphatic rings. The topological polar surface area (TPSA) is 325 Å². The fourth-order valence-corrected chi connectivity index (χ4v) is 7.45. The Morgan fingerprint density at radius 2 is 1.73 bits per heavy atom. The first-order chi connectivity index (χ1) is 20.9. The van der Waals surface area contributed by atoms with E-state index in [9.17, 15) is 43.8 Å². The van der Waals surface area contributed by atoms with Gasteiger partial charge in [0.1, 0.15) is 53.7 Å². The molecule has 10 atom stereocenters. The monoisotopic (exact) mass is 661 g/mol. The molecule has 2 unspecified atom stereocenters. The van der Waals surface area contributed by atoms with E-state index in [0.717, 1.165) is 17.2 Å². The number of aliphatic hydroxyl groups is 3. The van der Waals surface area contributed by atoms with Crippen LogP contribution < -0.4 is 17.0 Å². The van der Waals surface area contributed by atoms with Gasteiger partial charge in [0, 0.05) is 0 Å². The Labute approximate surface area is 243 Å². The van der Waals surface area contributed by atoms with Crippen LogP contribution in [0.5, 0.6) is 0 Å². The van der Waals surface area contributed by atoms with Crippen LogP contribution in [0.25, 0.3) is 22.3 Å². The predicted molar refractivity (Wildman–Crippen MR) is 143 cm³/mol. The van der Waals surface area contributed by atoms with E-state index < -0.39 is 88.9 Å². The minimum atomic E-state index is -5.02. The van der Waals surface area contributed by atoms with Crippen molar-refractivity contribution in [2.75, 3.05) is 18.9 Å². The first-order valence-electron chi connectivity index (χ1n) is 12.7. The van der Waals surface area contributed by atoms with Gasteiger partial charge in [0.2, 0.25) is 0 Å². The van der Waals surface area contributed by atoms with E-state index in [1.54, 1.807) is 0 Å². The maximum atomic E-state index is 13.7. The predicted octanol–water partition coefficient (Wildman–Crippen LogP) is -3.32. The third-order valence-electron chi connectivity index (χ3n) is 7.27. The molecule has 0 spiro atoms. The summed E-state index contributed by atoms with van der Waals surface area (Å²) >= 11 is 0. The number of ether oxygens (including phenoxy) is 2. The van der Waals surface area contributed by atoms with Gasteiger partial charge in [0.25, 0.3) is 5.56 Å². The maximum Gasteiger partial charge on any atom is 0.338 e. The summed E-state index contributed by atoms with van der Waals surface area (Å²) in [6.45, 7) is -1.61. The first-order valence-corrected chi connectivity index (χ1v) is 15.6. The summed E-state index contributed by atoms with van der Waals surface area (Å²) in [5.74, 6) is 0.0305. The number of nitrogens with two attached hydrogens (primary N) is 1. The molecule has 44 heavy (non-hydrogen) atoms. The van der Waals surface area contributed by atoms with Gasteiger partial charge >= 0.3 is 21.5 Å². The van der Waals surface area contributed by atoms with Crippen LogP contribution in [-0.4, -0.2) is 114 Å². The molecule has 238 valence electrons. The summed E-state index contributed by atoms with van der Waals surface area (Å²) in [5, 5.41) is 31.6. The number of aromatic amines is 2. The number of anilines is 1. The highest BCUT2D eigenvalue weighted by molar-refractivity contribution is 7.53. The van der Waals surface area contributed by atoms with E-state index in [1.807, 2.05) is 4.98 Å². The summed E-state index contributed by atoms with van der Waals surface area (Å²) in [6.07, 6.45) is -7.39. The minimum Gasteiger partial charge on any atom is -0.394 e. The lowest BCUT2D eigenvalue weighted by Crippen LogP contribution is -2.37. The molecule has 22 nitrogen and oxygen atoms in total. The van der Waals surface area contributed by atoms with Crippen LogP contribution in [0, 0.1) is 0 Å². The zero-order valence-corrected chi connectivity index (χ0v) is 23.9. The smallest absolute Gasteiger partial charge is 0.338 e. The minimum absolute atomic E-state index is 0.0305. The quantitative estimate of drug-likeness (QED) is 0.0813. The summed E-state index contributed by atoms with van der Waals surface area (Å²) in [4.78, 5) is 64.8. The summed E-state index contributed by atoms with van der Waals surface area (Å²) in [6, 6.07) is 0. The van der Waals surface area contributed by atoms with Crippen LogP contribution in [0.2, 0.25) is 0 Å². The van der Waals surface area contributed by atoms with Gasteiger partial charge in [-0.05, 0) is 0 Å². The van der Waals surface area contributed by atoms with Crippen molar-refractivity contribution >= 4 is 44.0 Å². The third kappa shape index (κ3) is 5.18. The second-order valence-electron chi connectivity index (χ2n) is 9.83. The van der Waals surface area contributed by atoms with E-state index in [2.05, 4.69) is 24.9 Å². The molecule has 2 fully saturated rings. The highest BCUT2D eigenvalue weighted by Crippen LogP contribution is 2.57. The highest BCUT2D eigenvalue weighted by atomic mass is 31.2. The van der Waals surface area contributed by atoms with Crippen molar-refractivity contribution in [1.82, 2.24) is 39.0 Å². The SMILES string of the molecule is Nc1ncnc2c1ncn2[C@@H]1O[C@H](COP(=O)(O)[C@@H]2[C@H](O)[C@@H](CO)O[C@H]2n2cnc3c(=O)[nH]c(=O)[nH]c32)[C@@H](O[PH](=O)O)[C@H]1O. The van der Waals surface area contributed by atoms with Crippen LogP contribution in [0.1, 0.15) is 12.5 Å². The molecule has 6 heterocycles. The molecule has 0 amide bonds. The van der Waals surface area contributed by atoms with E-state index in [4.69, 9.17) is 24.3 Å². The first kappa shape index (κ1) is 30.6. The molecule has 0 saturated carbocycles. The molecule has 0 aliphatic carbocycles. The summed E-state index contributed by atoms with van der Waals surface area (Å²) in [7, 11) is -8.70. The van der Waals surface area contributed by atoms with Gasteiger partial charge in [-0.25, -0.2) is 24.7 Å². The lowest BCUT2D eigenvalue weighted by Gasteiger charge is -2.27. The molecule has 0 aromatic carbocycles. The average molecular weight is 661 g/mol. The number of nitrogen functional groups attached to an aromatic ring is 1. The average Bonchev–Trinajstić information content (AvgIpc) is 3.72. The van der Waals surface area contributed by atoms with E-state index >= 15 is 0 Å². The van der Waals surface area contributed by atoms with E-state index in [1.165, 1.54) is 10.9 Å². The fourth-order valence-electron chi connectivity index (χ4n) is 5.28. The van der Waals surface area contributed by atoms with Crippen LogP contribution in [0.15, 0.2) is 28.6 Å². The van der Waals surface area contributed by atoms with Gasteiger partial charge in [-0.15, -0.1) is 0 Å². The van der Waals surface area contributed by atoms with Gasteiger partial charge in [0.05, 0.1) is 25.9 Å². The van der Waals surface area contributed by atoms with E-state index in [-0.39, 0.29) is 28.1 Å². The molecule has 4 aromatic rings. The van der Waals surface area contributed by atoms with Gasteiger partial charge < -0.3 is 49.4 Å². The highest BCUT2D eigenvalue weighted by Gasteiger charge is 2.56. The Bertz CT molecular complexity index is 1890. The molecular formula is C20H25N9O13P2. The fraction of sp³-hybridized carbons (Fsp3) is 0.500. The number of hydrogen-bond donors (Lipinski definition) is 8. The Morgan fingerprint density at radius 3 is 2.45 bits per heavy atom. The zero-order chi connectivity index (χ0) is 31.5. The Kier molecular flexibility index (Phi) is 8.01. The Morgan fingerprint density at radius 1 is 1.02 bits per heavy atom. The molecule has 9 N–H and O–H groups in total. The lowest BCUT2D eigenvalue weighted by atomic mass is 10.1. The number of imidazole rings is 2. The normalized spacial score (nSPS) is 31.1. The number of rotatable bonds is 9. The van der Waals surface area contributed by atoms with Gasteiger partial charge in [0.15, 0.2) is 29.4 Å². The largest absolute Gasteiger partial charge is 0.394 e. The molecule has 4 aromatic heterocycles. The number of nitrogens with zero attached hydrogens (tertiary/aromatic N) is 6. The zero-order valence-electron chi connectivity index (χ0n) is 22.0. The number of hydrogen-bond acceptors (Lipinski definition) is 16. The van der Waals surface area contributed by atoms with Crippen molar-refractivity contribution in [2.45, 2.75) is 48.6 Å². The van der Waals surface area contributed by atoms with Gasteiger partial charge in [-0.3, -0.25) is 33.0 Å². The summed E-state index contributed by atoms with van der Waals surface area (Å²) in [5.41, 5.74) is 2.07. The van der Waals surface area contributed by atoms with Crippen LogP contribution in [-0.2, 0) is 27.7 Å². The Hall–Kier alpha value is -3.40. The summed E-state index contributed by atoms with van der Waals surface area (Å²) < 4.78 is 49.3. The second-order valence-corrected chi connectivity index (χ2v) is 12.6. The number of aliphatic hydroxyl groups excluding tert-OH is 3. The van der Waals surface area contributed by atoms with Crippen molar-refractivity contribution in [3.8, 4) is 0 Å². The molecule has 24 heteroatoms. The number of aromatic nitrogens is 8. The molecule has 2 aliphatic heterocycles. The number of nitrogens with one attached hydrogen (secondary N) is 2. The van der Waals surface area contributed by atoms with E-state index in [0.29, 0.717) is 0 Å². The van der Waals surface area contributed by atoms with Crippen molar-refractivity contribution < 1.29 is 52.8 Å². The molecule has 0 bridgehead atoms. The number of fused-ring (bicyclic) bond motifs is 2. The maximum absolute atomic E-state index is 13.7. The van der Waals surface area contributed by atoms with Crippen molar-refractivity contribution in [1.29, 1.82) is 0 Å². The Balaban J connectivity index is 1.29. The molecule has 2 saturated heterocycles. The van der Waals surface area contributed by atoms with Crippen molar-refractivity contribution in [3.05, 3.63) is 39.8 Å². The van der Waals surface area contributed by atoms with Gasteiger partial charge in [-0.1, -0.05) is 0 Å². The van der Waals surface area contributed by atoms with Crippen LogP contribution >= 0.6 is 15.9 Å². The molecular weight excluding hydrogens is 636 g/mol. The molecule has 0 radical (unpaired) electrons. The van der Waals surface area contributed by atoms with Gasteiger partial charge in [-0.2, -0.15) is 0 Å². The van der Waals surface area contributed by atoms with Crippen LogP contribution in [0.3, 0.4) is 0 Å². The third-order valence-corrected chi connectivity index (χ3v) is 9.57. The molecule has 6 rings (SSSR count). The number of H-pyrrole nitrogens is 2. The van der Waals surface area contributed by atoms with Crippen LogP contribution in [0.4, 0.5) is 5.82 Å². The lowest BCUT2D eigenvalue weighted by molar-refractivity contribution is -0.0491. The standard InChI is InChI=1S/C20H25N9O13P2/c21-14-8-15(23-3-22-14)28(4-24-8)18-11(32)12(42-43(35)36)7(41-18)2-39-44(37,38)13-10(31)6(1-30)40-19(13)29-5-25-9-16(29)26-20(34)27-17(9)33/h3-7,10-13,18-19,30-32,43H,1-2H2,(H,35,36)(H,37,38)(H2,21,22,23)(H2,26,27,33,34)/t6-,7-,10-,11-,12-,13-,18-,19-/m1/s1.